The maximum atomic E-state index is 11.5. The lowest BCUT2D eigenvalue weighted by atomic mass is 10.1. The molecule has 118 valence electrons. The van der Waals surface area contributed by atoms with Crippen LogP contribution in [-0.2, 0) is 0 Å². The molecule has 5 nitrogen and oxygen atoms in total. The summed E-state index contributed by atoms with van der Waals surface area (Å²) in [6.45, 7) is 8.56. The number of hydrogen-bond donors (Lipinski definition) is 2. The van der Waals surface area contributed by atoms with E-state index >= 15 is 0 Å². The predicted octanol–water partition coefficient (Wildman–Crippen LogP) is 1.85. The van der Waals surface area contributed by atoms with Crippen molar-refractivity contribution in [1.29, 1.82) is 0 Å². The van der Waals surface area contributed by atoms with E-state index in [1.54, 1.807) is 0 Å². The van der Waals surface area contributed by atoms with Crippen LogP contribution in [0.25, 0.3) is 0 Å². The Bertz CT molecular complexity index is 473. The number of hydrogen-bond acceptors (Lipinski definition) is 3. The number of nitrogens with zero attached hydrogens (tertiary/aromatic N) is 1. The van der Waals surface area contributed by atoms with Gasteiger partial charge < -0.3 is 20.3 Å². The summed E-state index contributed by atoms with van der Waals surface area (Å²) in [6.07, 6.45) is 0. The number of amides is 2. The summed E-state index contributed by atoms with van der Waals surface area (Å²) in [4.78, 5) is 13.5. The lowest BCUT2D eigenvalue weighted by Gasteiger charge is -2.15. The average molecular weight is 293 g/mol. The number of benzene rings is 1. The van der Waals surface area contributed by atoms with Gasteiger partial charge in [-0.2, -0.15) is 0 Å². The standard InChI is InChI=1S/C16H27N3O2/c1-12-6-7-13(2)15(14(12)3)21-11-9-18-16(20)17-8-10-19(4)5/h6-7H,8-11H2,1-5H3,(H2,17,18,20). The molecule has 0 spiro atoms. The second-order valence-corrected chi connectivity index (χ2v) is 5.49. The Morgan fingerprint density at radius 1 is 1.10 bits per heavy atom. The minimum Gasteiger partial charge on any atom is -0.491 e. The smallest absolute Gasteiger partial charge is 0.314 e. The van der Waals surface area contributed by atoms with Crippen LogP contribution in [0.15, 0.2) is 12.1 Å². The lowest BCUT2D eigenvalue weighted by molar-refractivity contribution is 0.235. The number of likely N-dealkylation sites (N-methyl/N-ethyl adjacent to an activating group) is 1. The second-order valence-electron chi connectivity index (χ2n) is 5.49. The summed E-state index contributed by atoms with van der Waals surface area (Å²) in [5.41, 5.74) is 3.49. The van der Waals surface area contributed by atoms with Crippen molar-refractivity contribution in [1.82, 2.24) is 15.5 Å². The fourth-order valence-electron chi connectivity index (χ4n) is 1.92. The molecule has 2 amide bonds. The second kappa shape index (κ2) is 8.52. The van der Waals surface area contributed by atoms with Crippen molar-refractivity contribution < 1.29 is 9.53 Å². The molecule has 5 heteroatoms. The fourth-order valence-corrected chi connectivity index (χ4v) is 1.92. The molecule has 0 bridgehead atoms. The monoisotopic (exact) mass is 293 g/mol. The molecule has 0 saturated heterocycles. The van der Waals surface area contributed by atoms with Gasteiger partial charge >= 0.3 is 6.03 Å². The van der Waals surface area contributed by atoms with Crippen LogP contribution in [0, 0.1) is 20.8 Å². The van der Waals surface area contributed by atoms with Crippen molar-refractivity contribution in [3.8, 4) is 5.75 Å². The number of nitrogens with one attached hydrogen (secondary N) is 2. The van der Waals surface area contributed by atoms with Gasteiger partial charge in [0.1, 0.15) is 12.4 Å². The van der Waals surface area contributed by atoms with E-state index in [0.29, 0.717) is 19.7 Å². The topological polar surface area (TPSA) is 53.6 Å². The molecule has 0 fully saturated rings. The zero-order valence-electron chi connectivity index (χ0n) is 13.7. The Morgan fingerprint density at radius 3 is 2.38 bits per heavy atom. The van der Waals surface area contributed by atoms with Crippen LogP contribution < -0.4 is 15.4 Å². The van der Waals surface area contributed by atoms with E-state index in [4.69, 9.17) is 4.74 Å². The summed E-state index contributed by atoms with van der Waals surface area (Å²) in [5, 5.41) is 5.58. The van der Waals surface area contributed by atoms with Crippen LogP contribution in [0.2, 0.25) is 0 Å². The highest BCUT2D eigenvalue weighted by Crippen LogP contribution is 2.25. The fraction of sp³-hybridized carbons (Fsp3) is 0.562. The summed E-state index contributed by atoms with van der Waals surface area (Å²) in [7, 11) is 3.94. The lowest BCUT2D eigenvalue weighted by Crippen LogP contribution is -2.40. The van der Waals surface area contributed by atoms with Gasteiger partial charge in [0.25, 0.3) is 0 Å². The first-order valence-corrected chi connectivity index (χ1v) is 7.28. The van der Waals surface area contributed by atoms with Gasteiger partial charge in [-0.3, -0.25) is 0 Å². The molecule has 0 unspecified atom stereocenters. The van der Waals surface area contributed by atoms with E-state index in [0.717, 1.165) is 23.4 Å². The zero-order chi connectivity index (χ0) is 15.8. The zero-order valence-corrected chi connectivity index (χ0v) is 13.7. The molecule has 1 aromatic carbocycles. The molecule has 0 heterocycles. The quantitative estimate of drug-likeness (QED) is 0.754. The molecule has 0 saturated carbocycles. The van der Waals surface area contributed by atoms with Crippen LogP contribution in [0.5, 0.6) is 5.75 Å². The maximum Gasteiger partial charge on any atom is 0.314 e. The molecule has 1 rings (SSSR count). The van der Waals surface area contributed by atoms with Gasteiger partial charge in [0, 0.05) is 13.1 Å². The first-order valence-electron chi connectivity index (χ1n) is 7.28. The van der Waals surface area contributed by atoms with Crippen molar-refractivity contribution in [2.24, 2.45) is 0 Å². The van der Waals surface area contributed by atoms with E-state index in [-0.39, 0.29) is 6.03 Å². The Labute approximate surface area is 127 Å². The molecule has 1 aromatic rings. The van der Waals surface area contributed by atoms with Gasteiger partial charge in [0.15, 0.2) is 0 Å². The highest BCUT2D eigenvalue weighted by Gasteiger charge is 2.06. The van der Waals surface area contributed by atoms with Gasteiger partial charge in [-0.05, 0) is 51.6 Å². The number of carbonyl (C=O) groups is 1. The SMILES string of the molecule is Cc1ccc(C)c(OCCNC(=O)NCCN(C)C)c1C. The maximum absolute atomic E-state index is 11.5. The van der Waals surface area contributed by atoms with Crippen LogP contribution in [-0.4, -0.2) is 51.3 Å². The van der Waals surface area contributed by atoms with Crippen molar-refractivity contribution >= 4 is 6.03 Å². The largest absolute Gasteiger partial charge is 0.491 e. The van der Waals surface area contributed by atoms with Gasteiger partial charge in [0.2, 0.25) is 0 Å². The molecule has 0 aliphatic rings. The van der Waals surface area contributed by atoms with Crippen LogP contribution in [0.3, 0.4) is 0 Å². The molecule has 0 atom stereocenters. The van der Waals surface area contributed by atoms with Gasteiger partial charge in [-0.15, -0.1) is 0 Å². The Hall–Kier alpha value is -1.75. The number of carbonyl (C=O) groups excluding carboxylic acids is 1. The van der Waals surface area contributed by atoms with E-state index in [1.165, 1.54) is 5.56 Å². The van der Waals surface area contributed by atoms with Crippen LogP contribution in [0.4, 0.5) is 4.79 Å². The van der Waals surface area contributed by atoms with Crippen molar-refractivity contribution in [2.75, 3.05) is 40.3 Å². The van der Waals surface area contributed by atoms with E-state index < -0.39 is 0 Å². The third-order valence-corrected chi connectivity index (χ3v) is 3.35. The molecular weight excluding hydrogens is 266 g/mol. The summed E-state index contributed by atoms with van der Waals surface area (Å²) >= 11 is 0. The molecule has 0 radical (unpaired) electrons. The Kier molecular flexibility index (Phi) is 7.02. The first-order chi connectivity index (χ1) is 9.91. The number of rotatable bonds is 7. The normalized spacial score (nSPS) is 10.6. The third-order valence-electron chi connectivity index (χ3n) is 3.35. The molecular formula is C16H27N3O2. The number of urea groups is 1. The number of ether oxygens (including phenoxy) is 1. The van der Waals surface area contributed by atoms with E-state index in [1.807, 2.05) is 25.9 Å². The van der Waals surface area contributed by atoms with Crippen molar-refractivity contribution in [2.45, 2.75) is 20.8 Å². The Morgan fingerprint density at radius 2 is 1.71 bits per heavy atom. The van der Waals surface area contributed by atoms with Crippen LogP contribution in [0.1, 0.15) is 16.7 Å². The first kappa shape index (κ1) is 17.3. The minimum atomic E-state index is -0.155. The predicted molar refractivity (Wildman–Crippen MR) is 86.1 cm³/mol. The molecule has 21 heavy (non-hydrogen) atoms. The molecule has 0 aliphatic carbocycles. The third kappa shape index (κ3) is 6.04. The number of aryl methyl sites for hydroxylation is 2. The highest BCUT2D eigenvalue weighted by atomic mass is 16.5. The highest BCUT2D eigenvalue weighted by molar-refractivity contribution is 5.73. The molecule has 0 aromatic heterocycles. The molecule has 0 aliphatic heterocycles. The summed E-state index contributed by atoms with van der Waals surface area (Å²) < 4.78 is 5.79. The summed E-state index contributed by atoms with van der Waals surface area (Å²) in [6, 6.07) is 3.99. The van der Waals surface area contributed by atoms with Crippen LogP contribution >= 0.6 is 0 Å². The van der Waals surface area contributed by atoms with E-state index in [9.17, 15) is 4.79 Å². The van der Waals surface area contributed by atoms with Crippen molar-refractivity contribution in [3.05, 3.63) is 28.8 Å². The summed E-state index contributed by atoms with van der Waals surface area (Å²) in [5.74, 6) is 0.921. The molecule has 2 N–H and O–H groups in total. The average Bonchev–Trinajstić information content (AvgIpc) is 2.42. The van der Waals surface area contributed by atoms with Gasteiger partial charge in [0.05, 0.1) is 6.54 Å². The van der Waals surface area contributed by atoms with Gasteiger partial charge in [-0.25, -0.2) is 4.79 Å². The van der Waals surface area contributed by atoms with Crippen molar-refractivity contribution in [3.63, 3.8) is 0 Å². The van der Waals surface area contributed by atoms with E-state index in [2.05, 4.69) is 36.6 Å². The Balaban J connectivity index is 2.28. The minimum absolute atomic E-state index is 0.155. The van der Waals surface area contributed by atoms with Gasteiger partial charge in [-0.1, -0.05) is 12.1 Å².